The molecule has 130 valence electrons. The summed E-state index contributed by atoms with van der Waals surface area (Å²) in [6, 6.07) is 13.8. The number of hydrazone groups is 1. The minimum Gasteiger partial charge on any atom is -0.342 e. The van der Waals surface area contributed by atoms with Crippen molar-refractivity contribution in [2.24, 2.45) is 5.10 Å². The third-order valence-corrected chi connectivity index (χ3v) is 4.61. The van der Waals surface area contributed by atoms with Gasteiger partial charge in [-0.3, -0.25) is 0 Å². The van der Waals surface area contributed by atoms with Gasteiger partial charge in [-0.1, -0.05) is 52.6 Å². The van der Waals surface area contributed by atoms with Gasteiger partial charge in [-0.05, 0) is 29.0 Å². The van der Waals surface area contributed by atoms with Gasteiger partial charge in [0.2, 0.25) is 0 Å². The molecule has 26 heavy (non-hydrogen) atoms. The maximum Gasteiger partial charge on any atom is 0.283 e. The van der Waals surface area contributed by atoms with E-state index >= 15 is 0 Å². The predicted molar refractivity (Wildman–Crippen MR) is 103 cm³/mol. The van der Waals surface area contributed by atoms with Crippen LogP contribution < -0.4 is 5.43 Å². The first-order chi connectivity index (χ1) is 12.7. The Labute approximate surface area is 158 Å². The number of tetrazole rings is 1. The number of rotatable bonds is 5. The van der Waals surface area contributed by atoms with Crippen LogP contribution in [0.3, 0.4) is 0 Å². The number of hydrogen-bond donors (Lipinski definition) is 2. The summed E-state index contributed by atoms with van der Waals surface area (Å²) in [7, 11) is 0. The topological polar surface area (TPSA) is 83.8 Å². The van der Waals surface area contributed by atoms with Gasteiger partial charge in [-0.25, -0.2) is 5.43 Å². The Hall–Kier alpha value is -2.90. The van der Waals surface area contributed by atoms with Gasteiger partial charge in [0.15, 0.2) is 0 Å². The second-order valence-electron chi connectivity index (χ2n) is 5.58. The molecule has 0 spiro atoms. The van der Waals surface area contributed by atoms with Crippen LogP contribution in [0.1, 0.15) is 11.1 Å². The van der Waals surface area contributed by atoms with E-state index in [4.69, 9.17) is 23.2 Å². The SMILES string of the molecule is Clc1ccc(Cn2cc(/C=N\Nc3nn[nH]n3)c3ccccc32)cc1Cl. The summed E-state index contributed by atoms with van der Waals surface area (Å²) in [6.45, 7) is 0.670. The molecule has 2 aromatic heterocycles. The third-order valence-electron chi connectivity index (χ3n) is 3.87. The van der Waals surface area contributed by atoms with Gasteiger partial charge >= 0.3 is 0 Å². The molecule has 0 amide bonds. The molecular weight excluding hydrogens is 373 g/mol. The first-order valence-electron chi connectivity index (χ1n) is 7.75. The standard InChI is InChI=1S/C17H13Cl2N7/c18-14-6-5-11(7-15(14)19)9-26-10-12(13-3-1-2-4-16(13)26)8-20-21-17-22-24-25-23-17/h1-8,10H,9H2,(H2,21,22,23,24,25)/b20-8-. The fourth-order valence-electron chi connectivity index (χ4n) is 2.71. The number of fused-ring (bicyclic) bond motifs is 1. The minimum atomic E-state index is 0.306. The number of anilines is 1. The van der Waals surface area contributed by atoms with Crippen molar-refractivity contribution >= 4 is 46.3 Å². The number of aromatic nitrogens is 5. The second-order valence-corrected chi connectivity index (χ2v) is 6.40. The monoisotopic (exact) mass is 385 g/mol. The van der Waals surface area contributed by atoms with Gasteiger partial charge in [-0.15, -0.1) is 5.10 Å². The fourth-order valence-corrected chi connectivity index (χ4v) is 3.03. The first-order valence-corrected chi connectivity index (χ1v) is 8.50. The van der Waals surface area contributed by atoms with E-state index in [9.17, 15) is 0 Å². The van der Waals surface area contributed by atoms with Crippen LogP contribution in [0.5, 0.6) is 0 Å². The molecule has 0 radical (unpaired) electrons. The molecule has 0 aliphatic carbocycles. The lowest BCUT2D eigenvalue weighted by Crippen LogP contribution is -1.98. The zero-order valence-corrected chi connectivity index (χ0v) is 14.9. The van der Waals surface area contributed by atoms with Crippen LogP contribution in [0.25, 0.3) is 10.9 Å². The molecular formula is C17H13Cl2N7. The normalized spacial score (nSPS) is 11.5. The van der Waals surface area contributed by atoms with E-state index in [0.717, 1.165) is 22.0 Å². The van der Waals surface area contributed by atoms with Crippen LogP contribution in [0.2, 0.25) is 10.0 Å². The van der Waals surface area contributed by atoms with E-state index in [1.54, 1.807) is 6.21 Å². The molecule has 2 aromatic carbocycles. The van der Waals surface area contributed by atoms with Crippen molar-refractivity contribution in [3.63, 3.8) is 0 Å². The number of benzene rings is 2. The van der Waals surface area contributed by atoms with Gasteiger partial charge in [0, 0.05) is 29.2 Å². The molecule has 4 aromatic rings. The number of aromatic amines is 1. The Balaban J connectivity index is 1.65. The van der Waals surface area contributed by atoms with Crippen molar-refractivity contribution in [3.8, 4) is 0 Å². The number of nitrogens with zero attached hydrogens (tertiary/aromatic N) is 5. The minimum absolute atomic E-state index is 0.306. The highest BCUT2D eigenvalue weighted by atomic mass is 35.5. The molecule has 2 N–H and O–H groups in total. The molecule has 7 nitrogen and oxygen atoms in total. The molecule has 0 aliphatic heterocycles. The van der Waals surface area contributed by atoms with Gasteiger partial charge in [0.05, 0.1) is 16.3 Å². The van der Waals surface area contributed by atoms with Crippen LogP contribution in [0.4, 0.5) is 5.95 Å². The predicted octanol–water partition coefficient (Wildman–Crippen LogP) is 3.96. The highest BCUT2D eigenvalue weighted by molar-refractivity contribution is 6.42. The summed E-state index contributed by atoms with van der Waals surface area (Å²) >= 11 is 12.1. The summed E-state index contributed by atoms with van der Waals surface area (Å²) in [6.07, 6.45) is 3.76. The second kappa shape index (κ2) is 7.15. The third kappa shape index (κ3) is 3.40. The number of para-hydroxylation sites is 1. The van der Waals surface area contributed by atoms with Crippen LogP contribution in [0, 0.1) is 0 Å². The number of halogens is 2. The zero-order valence-electron chi connectivity index (χ0n) is 13.4. The number of hydrogen-bond acceptors (Lipinski definition) is 5. The maximum absolute atomic E-state index is 6.13. The summed E-state index contributed by atoms with van der Waals surface area (Å²) in [5.41, 5.74) is 5.85. The molecule has 0 saturated heterocycles. The fraction of sp³-hybridized carbons (Fsp3) is 0.0588. The maximum atomic E-state index is 6.13. The van der Waals surface area contributed by atoms with Gasteiger partial charge in [-0.2, -0.15) is 10.3 Å². The largest absolute Gasteiger partial charge is 0.342 e. The van der Waals surface area contributed by atoms with E-state index in [2.05, 4.69) is 47.9 Å². The van der Waals surface area contributed by atoms with Crippen molar-refractivity contribution in [2.75, 3.05) is 5.43 Å². The van der Waals surface area contributed by atoms with E-state index < -0.39 is 0 Å². The highest BCUT2D eigenvalue weighted by Gasteiger charge is 2.08. The Morgan fingerprint density at radius 3 is 2.85 bits per heavy atom. The van der Waals surface area contributed by atoms with Crippen molar-refractivity contribution < 1.29 is 0 Å². The molecule has 0 fully saturated rings. The Morgan fingerprint density at radius 2 is 2.04 bits per heavy atom. The first kappa shape index (κ1) is 16.6. The smallest absolute Gasteiger partial charge is 0.283 e. The molecule has 9 heteroatoms. The van der Waals surface area contributed by atoms with E-state index in [0.29, 0.717) is 22.5 Å². The van der Waals surface area contributed by atoms with Gasteiger partial charge in [0.25, 0.3) is 5.95 Å². The van der Waals surface area contributed by atoms with Gasteiger partial charge in [0.1, 0.15) is 0 Å². The average molecular weight is 386 g/mol. The lowest BCUT2D eigenvalue weighted by molar-refractivity contribution is 0.836. The molecule has 0 unspecified atom stereocenters. The Morgan fingerprint density at radius 1 is 1.15 bits per heavy atom. The average Bonchev–Trinajstić information content (AvgIpc) is 3.27. The summed E-state index contributed by atoms with van der Waals surface area (Å²) in [5, 5.41) is 19.7. The van der Waals surface area contributed by atoms with Crippen LogP contribution in [-0.4, -0.2) is 31.4 Å². The molecule has 2 heterocycles. The Bertz CT molecular complexity index is 1070. The van der Waals surface area contributed by atoms with E-state index in [1.165, 1.54) is 0 Å². The van der Waals surface area contributed by atoms with Gasteiger partial charge < -0.3 is 4.57 Å². The quantitative estimate of drug-likeness (QED) is 0.402. The molecule has 0 aliphatic rings. The van der Waals surface area contributed by atoms with Crippen molar-refractivity contribution in [1.29, 1.82) is 0 Å². The summed E-state index contributed by atoms with van der Waals surface area (Å²) in [5.74, 6) is 0.306. The molecule has 0 atom stereocenters. The van der Waals surface area contributed by atoms with E-state index in [-0.39, 0.29) is 0 Å². The summed E-state index contributed by atoms with van der Waals surface area (Å²) in [4.78, 5) is 0. The molecule has 4 rings (SSSR count). The van der Waals surface area contributed by atoms with Crippen molar-refractivity contribution in [1.82, 2.24) is 25.2 Å². The van der Waals surface area contributed by atoms with Crippen LogP contribution >= 0.6 is 23.2 Å². The Kier molecular flexibility index (Phi) is 4.55. The lowest BCUT2D eigenvalue weighted by Gasteiger charge is -2.06. The lowest BCUT2D eigenvalue weighted by atomic mass is 10.2. The number of nitrogens with one attached hydrogen (secondary N) is 2. The van der Waals surface area contributed by atoms with Crippen molar-refractivity contribution in [3.05, 3.63) is 69.8 Å². The van der Waals surface area contributed by atoms with E-state index in [1.807, 2.05) is 36.5 Å². The number of H-pyrrole nitrogens is 1. The van der Waals surface area contributed by atoms with Crippen LogP contribution in [0.15, 0.2) is 53.8 Å². The molecule has 0 bridgehead atoms. The zero-order chi connectivity index (χ0) is 17.9. The summed E-state index contributed by atoms with van der Waals surface area (Å²) < 4.78 is 2.14. The van der Waals surface area contributed by atoms with Crippen LogP contribution in [-0.2, 0) is 6.54 Å². The highest BCUT2D eigenvalue weighted by Crippen LogP contribution is 2.25. The molecule has 0 saturated carbocycles. The van der Waals surface area contributed by atoms with Crippen molar-refractivity contribution in [2.45, 2.75) is 6.54 Å².